The lowest BCUT2D eigenvalue weighted by Gasteiger charge is -2.16. The van der Waals surface area contributed by atoms with E-state index in [9.17, 15) is 0 Å². The molecule has 0 radical (unpaired) electrons. The van der Waals surface area contributed by atoms with Crippen molar-refractivity contribution in [3.63, 3.8) is 0 Å². The maximum atomic E-state index is 2.55. The van der Waals surface area contributed by atoms with Crippen molar-refractivity contribution in [1.82, 2.24) is 0 Å². The van der Waals surface area contributed by atoms with Gasteiger partial charge in [-0.1, -0.05) is 19.9 Å². The summed E-state index contributed by atoms with van der Waals surface area (Å²) in [4.78, 5) is 0. The Morgan fingerprint density at radius 3 is 2.41 bits per heavy atom. The molecule has 4 rings (SSSR count). The largest absolute Gasteiger partial charge is 0.0683 e. The summed E-state index contributed by atoms with van der Waals surface area (Å²) in [6, 6.07) is 2.55. The molecule has 92 valence electrons. The first kappa shape index (κ1) is 11.3. The summed E-state index contributed by atoms with van der Waals surface area (Å²) in [7, 11) is 0. The maximum Gasteiger partial charge on any atom is -0.00377 e. The van der Waals surface area contributed by atoms with Crippen LogP contribution in [-0.2, 0) is 24.7 Å². The molecule has 0 atom stereocenters. The Labute approximate surface area is 105 Å². The Bertz CT molecular complexity index is 450. The van der Waals surface area contributed by atoms with Crippen LogP contribution in [0.4, 0.5) is 0 Å². The van der Waals surface area contributed by atoms with E-state index in [1.54, 1.807) is 27.8 Å². The van der Waals surface area contributed by atoms with Gasteiger partial charge in [0.15, 0.2) is 0 Å². The van der Waals surface area contributed by atoms with Gasteiger partial charge in [0.1, 0.15) is 0 Å². The summed E-state index contributed by atoms with van der Waals surface area (Å²) < 4.78 is 0. The van der Waals surface area contributed by atoms with E-state index in [4.69, 9.17) is 0 Å². The van der Waals surface area contributed by atoms with Crippen molar-refractivity contribution in [3.05, 3.63) is 33.9 Å². The van der Waals surface area contributed by atoms with Crippen LogP contribution >= 0.6 is 0 Å². The van der Waals surface area contributed by atoms with E-state index in [0.29, 0.717) is 5.41 Å². The highest BCUT2D eigenvalue weighted by atomic mass is 14.5. The molecule has 0 bridgehead atoms. The van der Waals surface area contributed by atoms with E-state index in [-0.39, 0.29) is 0 Å². The molecule has 1 saturated carbocycles. The number of rotatable bonds is 0. The van der Waals surface area contributed by atoms with E-state index < -0.39 is 0 Å². The predicted molar refractivity (Wildman–Crippen MR) is 73.8 cm³/mol. The fourth-order valence-corrected chi connectivity index (χ4v) is 4.11. The zero-order valence-electron chi connectivity index (χ0n) is 11.5. The molecule has 0 aromatic heterocycles. The topological polar surface area (TPSA) is 0 Å². The SMILES string of the molecule is CC.Cc1c2c(cc3c1C1(CC3)CC1)CCC2. The van der Waals surface area contributed by atoms with Gasteiger partial charge >= 0.3 is 0 Å². The van der Waals surface area contributed by atoms with Gasteiger partial charge in [-0.05, 0) is 85.1 Å². The first-order valence-electron chi connectivity index (χ1n) is 7.45. The van der Waals surface area contributed by atoms with Crippen molar-refractivity contribution in [2.45, 2.75) is 71.1 Å². The summed E-state index contributed by atoms with van der Waals surface area (Å²) in [6.45, 7) is 6.40. The van der Waals surface area contributed by atoms with E-state index in [2.05, 4.69) is 13.0 Å². The van der Waals surface area contributed by atoms with Crippen LogP contribution < -0.4 is 0 Å². The van der Waals surface area contributed by atoms with Crippen LogP contribution in [0.5, 0.6) is 0 Å². The third kappa shape index (κ3) is 1.49. The molecule has 1 aromatic rings. The molecule has 0 saturated heterocycles. The maximum absolute atomic E-state index is 2.55. The molecule has 0 heterocycles. The smallest absolute Gasteiger partial charge is 0.00377 e. The average Bonchev–Trinajstić information content (AvgIpc) is 2.83. The van der Waals surface area contributed by atoms with E-state index in [1.165, 1.54) is 44.9 Å². The van der Waals surface area contributed by atoms with Gasteiger partial charge < -0.3 is 0 Å². The highest BCUT2D eigenvalue weighted by Gasteiger charge is 2.49. The summed E-state index contributed by atoms with van der Waals surface area (Å²) in [5.74, 6) is 0. The van der Waals surface area contributed by atoms with E-state index in [1.807, 2.05) is 13.8 Å². The van der Waals surface area contributed by atoms with Crippen LogP contribution in [0.15, 0.2) is 6.07 Å². The van der Waals surface area contributed by atoms with Crippen LogP contribution in [0.2, 0.25) is 0 Å². The zero-order chi connectivity index (χ0) is 12.0. The molecular formula is C17H24. The zero-order valence-corrected chi connectivity index (χ0v) is 11.5. The van der Waals surface area contributed by atoms with E-state index >= 15 is 0 Å². The summed E-state index contributed by atoms with van der Waals surface area (Å²) in [5.41, 5.74) is 9.28. The quantitative estimate of drug-likeness (QED) is 0.614. The van der Waals surface area contributed by atoms with Crippen molar-refractivity contribution in [1.29, 1.82) is 0 Å². The Hall–Kier alpha value is -0.780. The lowest BCUT2D eigenvalue weighted by Crippen LogP contribution is -2.05. The van der Waals surface area contributed by atoms with Crippen LogP contribution in [0.25, 0.3) is 0 Å². The molecule has 0 amide bonds. The number of fused-ring (bicyclic) bond motifs is 3. The number of aryl methyl sites for hydroxylation is 2. The Morgan fingerprint density at radius 1 is 0.941 bits per heavy atom. The van der Waals surface area contributed by atoms with Gasteiger partial charge in [0.05, 0.1) is 0 Å². The predicted octanol–water partition coefficient (Wildman–Crippen LogP) is 4.49. The molecule has 1 aromatic carbocycles. The normalized spacial score (nSPS) is 21.8. The molecule has 0 heteroatoms. The van der Waals surface area contributed by atoms with Crippen LogP contribution in [0.3, 0.4) is 0 Å². The molecule has 0 nitrogen and oxygen atoms in total. The summed E-state index contributed by atoms with van der Waals surface area (Å²) in [5, 5.41) is 0. The van der Waals surface area contributed by atoms with Crippen molar-refractivity contribution in [2.75, 3.05) is 0 Å². The molecule has 3 aliphatic rings. The van der Waals surface area contributed by atoms with Gasteiger partial charge in [-0.15, -0.1) is 0 Å². The van der Waals surface area contributed by atoms with Gasteiger partial charge in [0.25, 0.3) is 0 Å². The Kier molecular flexibility index (Phi) is 2.57. The van der Waals surface area contributed by atoms with Crippen molar-refractivity contribution in [2.24, 2.45) is 0 Å². The molecule has 3 aliphatic carbocycles. The number of hydrogen-bond acceptors (Lipinski definition) is 0. The fourth-order valence-electron chi connectivity index (χ4n) is 4.11. The Morgan fingerprint density at radius 2 is 1.71 bits per heavy atom. The third-order valence-corrected chi connectivity index (χ3v) is 5.01. The summed E-state index contributed by atoms with van der Waals surface area (Å²) >= 11 is 0. The highest BCUT2D eigenvalue weighted by Crippen LogP contribution is 2.58. The first-order valence-corrected chi connectivity index (χ1v) is 7.45. The molecule has 1 fully saturated rings. The van der Waals surface area contributed by atoms with Crippen LogP contribution in [0, 0.1) is 6.92 Å². The van der Waals surface area contributed by atoms with E-state index in [0.717, 1.165) is 0 Å². The molecular weight excluding hydrogens is 204 g/mol. The fraction of sp³-hybridized carbons (Fsp3) is 0.647. The van der Waals surface area contributed by atoms with Crippen molar-refractivity contribution in [3.8, 4) is 0 Å². The minimum atomic E-state index is 0.678. The van der Waals surface area contributed by atoms with Crippen molar-refractivity contribution >= 4 is 0 Å². The van der Waals surface area contributed by atoms with Crippen LogP contribution in [0.1, 0.15) is 67.3 Å². The first-order chi connectivity index (χ1) is 8.30. The second-order valence-electron chi connectivity index (χ2n) is 5.81. The van der Waals surface area contributed by atoms with Crippen molar-refractivity contribution < 1.29 is 0 Å². The van der Waals surface area contributed by atoms with Gasteiger partial charge in [0, 0.05) is 0 Å². The Balaban J connectivity index is 0.000000431. The van der Waals surface area contributed by atoms with Gasteiger partial charge in [-0.2, -0.15) is 0 Å². The third-order valence-electron chi connectivity index (χ3n) is 5.01. The van der Waals surface area contributed by atoms with Crippen LogP contribution in [-0.4, -0.2) is 0 Å². The highest BCUT2D eigenvalue weighted by molar-refractivity contribution is 5.55. The molecule has 0 N–H and O–H groups in total. The van der Waals surface area contributed by atoms with Gasteiger partial charge in [-0.25, -0.2) is 0 Å². The molecule has 1 spiro atoms. The average molecular weight is 228 g/mol. The van der Waals surface area contributed by atoms with Gasteiger partial charge in [0.2, 0.25) is 0 Å². The lowest BCUT2D eigenvalue weighted by molar-refractivity contribution is 0.676. The number of hydrogen-bond donors (Lipinski definition) is 0. The second-order valence-corrected chi connectivity index (χ2v) is 5.81. The van der Waals surface area contributed by atoms with Gasteiger partial charge in [-0.3, -0.25) is 0 Å². The lowest BCUT2D eigenvalue weighted by atomic mass is 9.89. The number of benzene rings is 1. The minimum absolute atomic E-state index is 0.678. The molecule has 0 unspecified atom stereocenters. The second kappa shape index (κ2) is 3.86. The molecule has 0 aliphatic heterocycles. The summed E-state index contributed by atoms with van der Waals surface area (Å²) in [6.07, 6.45) is 9.85. The molecule has 17 heavy (non-hydrogen) atoms. The minimum Gasteiger partial charge on any atom is -0.0683 e. The standard InChI is InChI=1S/C15H18.C2H6/c1-10-13-4-2-3-11(13)9-12-5-6-15(7-8-15)14(10)12;1-2/h9H,2-8H2,1H3;1-2H3. The monoisotopic (exact) mass is 228 g/mol.